The van der Waals surface area contributed by atoms with E-state index >= 15 is 0 Å². The van der Waals surface area contributed by atoms with Crippen molar-refractivity contribution >= 4 is 23.7 Å². The fourth-order valence-corrected chi connectivity index (χ4v) is 5.81. The molecule has 1 spiro atoms. The van der Waals surface area contributed by atoms with E-state index < -0.39 is 11.4 Å². The molecular formula is C29H33N3O6. The Hall–Kier alpha value is -3.85. The van der Waals surface area contributed by atoms with E-state index in [9.17, 15) is 14.4 Å². The highest BCUT2D eigenvalue weighted by Gasteiger charge is 2.68. The van der Waals surface area contributed by atoms with Crippen molar-refractivity contribution in [2.75, 3.05) is 48.0 Å². The highest BCUT2D eigenvalue weighted by Crippen LogP contribution is 2.67. The highest BCUT2D eigenvalue weighted by molar-refractivity contribution is 6.11. The summed E-state index contributed by atoms with van der Waals surface area (Å²) in [6.07, 6.45) is 6.47. The number of rotatable bonds is 9. The van der Waals surface area contributed by atoms with Crippen molar-refractivity contribution in [2.45, 2.75) is 25.2 Å². The zero-order valence-corrected chi connectivity index (χ0v) is 22.4. The fraction of sp³-hybridized carbons (Fsp3) is 0.414. The van der Waals surface area contributed by atoms with Crippen molar-refractivity contribution in [3.05, 3.63) is 64.1 Å². The monoisotopic (exact) mass is 519 g/mol. The number of H-pyrrole nitrogens is 1. The lowest BCUT2D eigenvalue weighted by molar-refractivity contribution is -0.123. The number of carbonyl (C=O) groups is 3. The Morgan fingerprint density at radius 3 is 2.74 bits per heavy atom. The number of ketones is 1. The van der Waals surface area contributed by atoms with Gasteiger partial charge in [-0.05, 0) is 63.6 Å². The van der Waals surface area contributed by atoms with Crippen LogP contribution in [0.2, 0.25) is 0 Å². The van der Waals surface area contributed by atoms with Gasteiger partial charge in [-0.2, -0.15) is 0 Å². The molecule has 0 unspecified atom stereocenters. The van der Waals surface area contributed by atoms with E-state index in [-0.39, 0.29) is 17.6 Å². The number of aromatic nitrogens is 1. The van der Waals surface area contributed by atoms with E-state index in [2.05, 4.69) is 9.88 Å². The fourth-order valence-electron chi connectivity index (χ4n) is 5.81. The SMILES string of the molecule is COC(=O)c1c(C)[nH]c2c1[C@@]13C[C@@H]1CN(C(=O)/C=C/c1ccc(OC)c(OCCCN(C)C)c1)C3=CC2=O. The number of ether oxygens (including phenoxy) is 3. The summed E-state index contributed by atoms with van der Waals surface area (Å²) in [5.74, 6) is 0.477. The van der Waals surface area contributed by atoms with Crippen LogP contribution < -0.4 is 9.47 Å². The summed E-state index contributed by atoms with van der Waals surface area (Å²) in [6.45, 7) is 3.73. The van der Waals surface area contributed by atoms with Gasteiger partial charge in [-0.3, -0.25) is 9.59 Å². The topological polar surface area (TPSA) is 101 Å². The first-order valence-electron chi connectivity index (χ1n) is 12.7. The first kappa shape index (κ1) is 25.8. The summed E-state index contributed by atoms with van der Waals surface area (Å²) in [5.41, 5.74) is 3.08. The Labute approximate surface area is 222 Å². The van der Waals surface area contributed by atoms with Gasteiger partial charge in [0.25, 0.3) is 5.91 Å². The van der Waals surface area contributed by atoms with Crippen LogP contribution in [0.3, 0.4) is 0 Å². The van der Waals surface area contributed by atoms with Gasteiger partial charge < -0.3 is 29.0 Å². The van der Waals surface area contributed by atoms with Crippen molar-refractivity contribution in [1.29, 1.82) is 0 Å². The summed E-state index contributed by atoms with van der Waals surface area (Å²) < 4.78 is 16.4. The number of esters is 1. The minimum absolute atomic E-state index is 0.153. The number of piperidine rings is 1. The Bertz CT molecular complexity index is 1370. The number of hydrogen-bond donors (Lipinski definition) is 1. The van der Waals surface area contributed by atoms with Crippen LogP contribution in [-0.2, 0) is 14.9 Å². The van der Waals surface area contributed by atoms with Crippen molar-refractivity contribution in [3.8, 4) is 11.5 Å². The number of nitrogens with zero attached hydrogens (tertiary/aromatic N) is 2. The molecule has 1 amide bonds. The van der Waals surface area contributed by atoms with E-state index in [0.717, 1.165) is 24.9 Å². The van der Waals surface area contributed by atoms with E-state index in [0.29, 0.717) is 52.9 Å². The molecule has 38 heavy (non-hydrogen) atoms. The van der Waals surface area contributed by atoms with Crippen LogP contribution >= 0.6 is 0 Å². The number of carbonyl (C=O) groups excluding carboxylic acids is 3. The molecular weight excluding hydrogens is 486 g/mol. The summed E-state index contributed by atoms with van der Waals surface area (Å²) in [6, 6.07) is 5.53. The third kappa shape index (κ3) is 4.20. The zero-order valence-electron chi connectivity index (χ0n) is 22.4. The third-order valence-corrected chi connectivity index (χ3v) is 7.67. The molecule has 3 aliphatic rings. The Morgan fingerprint density at radius 2 is 2.03 bits per heavy atom. The molecule has 1 saturated carbocycles. The van der Waals surface area contributed by atoms with Gasteiger partial charge in [-0.1, -0.05) is 6.07 Å². The largest absolute Gasteiger partial charge is 0.493 e. The minimum atomic E-state index is -0.505. The van der Waals surface area contributed by atoms with Gasteiger partial charge in [0.2, 0.25) is 5.78 Å². The lowest BCUT2D eigenvalue weighted by atomic mass is 9.82. The Balaban J connectivity index is 1.36. The van der Waals surface area contributed by atoms with E-state index in [1.807, 2.05) is 32.3 Å². The van der Waals surface area contributed by atoms with Crippen molar-refractivity contribution < 1.29 is 28.6 Å². The van der Waals surface area contributed by atoms with Gasteiger partial charge in [0, 0.05) is 47.6 Å². The Kier molecular flexibility index (Phi) is 6.65. The maximum Gasteiger partial charge on any atom is 0.340 e. The number of allylic oxidation sites excluding steroid dienone is 2. The van der Waals surface area contributed by atoms with Gasteiger partial charge in [0.05, 0.1) is 32.1 Å². The number of nitrogens with one attached hydrogen (secondary N) is 1. The van der Waals surface area contributed by atoms with Crippen LogP contribution in [0.1, 0.15) is 50.5 Å². The predicted octanol–water partition coefficient (Wildman–Crippen LogP) is 3.34. The van der Waals surface area contributed by atoms with E-state index in [1.54, 1.807) is 31.1 Å². The van der Waals surface area contributed by atoms with Gasteiger partial charge in [0.1, 0.15) is 0 Å². The number of fused-ring (bicyclic) bond motifs is 1. The Morgan fingerprint density at radius 1 is 1.24 bits per heavy atom. The van der Waals surface area contributed by atoms with Gasteiger partial charge >= 0.3 is 5.97 Å². The minimum Gasteiger partial charge on any atom is -0.493 e. The van der Waals surface area contributed by atoms with Gasteiger partial charge in [-0.15, -0.1) is 0 Å². The molecule has 9 nitrogen and oxygen atoms in total. The quantitative estimate of drug-likeness (QED) is 0.308. The number of methoxy groups -OCH3 is 2. The second kappa shape index (κ2) is 9.79. The first-order chi connectivity index (χ1) is 18.2. The van der Waals surface area contributed by atoms with Crippen LogP contribution in [0, 0.1) is 12.8 Å². The molecule has 2 atom stereocenters. The summed E-state index contributed by atoms with van der Waals surface area (Å²) in [4.78, 5) is 45.8. The molecule has 1 aromatic heterocycles. The standard InChI is InChI=1S/C29H33N3O6/c1-17-25(28(35)37-5)26-27(30-17)20(33)14-23-29(26)15-19(29)16-32(23)24(34)10-8-18-7-9-21(36-4)22(13-18)38-12-6-11-31(2)3/h7-10,13-14,19,30H,6,11-12,15-16H2,1-5H3/b10-8+/t19-,29+/m1/s1. The summed E-state index contributed by atoms with van der Waals surface area (Å²) in [5, 5.41) is 0. The molecule has 200 valence electrons. The molecule has 2 aromatic rings. The van der Waals surface area contributed by atoms with E-state index in [4.69, 9.17) is 14.2 Å². The molecule has 2 heterocycles. The van der Waals surface area contributed by atoms with Crippen LogP contribution in [0.4, 0.5) is 0 Å². The van der Waals surface area contributed by atoms with Crippen LogP contribution in [0.25, 0.3) is 6.08 Å². The van der Waals surface area contributed by atoms with Crippen LogP contribution in [0.15, 0.2) is 36.0 Å². The highest BCUT2D eigenvalue weighted by atomic mass is 16.5. The molecule has 2 fully saturated rings. The van der Waals surface area contributed by atoms with Crippen LogP contribution in [0.5, 0.6) is 11.5 Å². The van der Waals surface area contributed by atoms with Crippen LogP contribution in [-0.4, -0.2) is 80.5 Å². The maximum atomic E-state index is 13.3. The molecule has 0 bridgehead atoms. The average molecular weight is 520 g/mol. The second-order valence-corrected chi connectivity index (χ2v) is 10.3. The van der Waals surface area contributed by atoms with Gasteiger partial charge in [-0.25, -0.2) is 4.79 Å². The number of likely N-dealkylation sites (tertiary alicyclic amines) is 1. The van der Waals surface area contributed by atoms with Crippen molar-refractivity contribution in [2.24, 2.45) is 5.92 Å². The number of aromatic amines is 1. The predicted molar refractivity (Wildman–Crippen MR) is 141 cm³/mol. The summed E-state index contributed by atoms with van der Waals surface area (Å²) >= 11 is 0. The molecule has 1 aliphatic heterocycles. The number of amides is 1. The maximum absolute atomic E-state index is 13.3. The van der Waals surface area contributed by atoms with Crippen molar-refractivity contribution in [3.63, 3.8) is 0 Å². The third-order valence-electron chi connectivity index (χ3n) is 7.67. The molecule has 1 aromatic carbocycles. The smallest absolute Gasteiger partial charge is 0.340 e. The average Bonchev–Trinajstić information content (AvgIpc) is 3.34. The molecule has 2 aliphatic carbocycles. The molecule has 1 saturated heterocycles. The number of hydrogen-bond acceptors (Lipinski definition) is 7. The lowest BCUT2D eigenvalue weighted by Gasteiger charge is -2.27. The lowest BCUT2D eigenvalue weighted by Crippen LogP contribution is -2.33. The normalized spacial score (nSPS) is 21.2. The molecule has 5 rings (SSSR count). The van der Waals surface area contributed by atoms with E-state index in [1.165, 1.54) is 13.2 Å². The zero-order chi connectivity index (χ0) is 27.2. The van der Waals surface area contributed by atoms with Crippen molar-refractivity contribution in [1.82, 2.24) is 14.8 Å². The molecule has 9 heteroatoms. The number of benzene rings is 1. The summed E-state index contributed by atoms with van der Waals surface area (Å²) in [7, 11) is 6.96. The number of aryl methyl sites for hydroxylation is 1. The molecule has 0 radical (unpaired) electrons. The second-order valence-electron chi connectivity index (χ2n) is 10.3. The van der Waals surface area contributed by atoms with Gasteiger partial charge in [0.15, 0.2) is 11.5 Å². The first-order valence-corrected chi connectivity index (χ1v) is 12.7. The molecule has 1 N–H and O–H groups in total.